The summed E-state index contributed by atoms with van der Waals surface area (Å²) < 4.78 is 1.67. The summed E-state index contributed by atoms with van der Waals surface area (Å²) in [5, 5.41) is 6.45. The molecular formula is C12H14N4O3. The molecule has 0 atom stereocenters. The first-order valence-electron chi connectivity index (χ1n) is 6.19. The average Bonchev–Trinajstić information content (AvgIpc) is 3.06. The van der Waals surface area contributed by atoms with Crippen LogP contribution in [0.4, 0.5) is 4.79 Å². The Morgan fingerprint density at radius 1 is 1.37 bits per heavy atom. The summed E-state index contributed by atoms with van der Waals surface area (Å²) in [4.78, 5) is 36.6. The molecule has 7 heteroatoms. The molecule has 2 fully saturated rings. The second kappa shape index (κ2) is 3.91. The summed E-state index contributed by atoms with van der Waals surface area (Å²) in [6.45, 7) is 0.247. The Hall–Kier alpha value is -2.18. The lowest BCUT2D eigenvalue weighted by Crippen LogP contribution is -2.59. The molecule has 2 heterocycles. The van der Waals surface area contributed by atoms with Crippen molar-refractivity contribution in [2.75, 3.05) is 6.54 Å². The minimum absolute atomic E-state index is 0.247. The molecule has 4 amide bonds. The quantitative estimate of drug-likeness (QED) is 0.766. The zero-order valence-corrected chi connectivity index (χ0v) is 10.5. The number of imide groups is 2. The Bertz CT molecular complexity index is 573. The van der Waals surface area contributed by atoms with Crippen molar-refractivity contribution in [1.29, 1.82) is 0 Å². The molecule has 1 N–H and O–H groups in total. The van der Waals surface area contributed by atoms with Gasteiger partial charge in [0.1, 0.15) is 5.41 Å². The van der Waals surface area contributed by atoms with Gasteiger partial charge in [0.25, 0.3) is 0 Å². The van der Waals surface area contributed by atoms with Gasteiger partial charge in [0.15, 0.2) is 0 Å². The van der Waals surface area contributed by atoms with E-state index in [1.165, 1.54) is 0 Å². The third kappa shape index (κ3) is 1.81. The van der Waals surface area contributed by atoms with E-state index in [9.17, 15) is 14.4 Å². The number of nitrogens with one attached hydrogen (secondary N) is 1. The largest absolute Gasteiger partial charge is 0.330 e. The summed E-state index contributed by atoms with van der Waals surface area (Å²) in [6.07, 6.45) is 3.36. The molecule has 1 aromatic rings. The van der Waals surface area contributed by atoms with Crippen molar-refractivity contribution < 1.29 is 14.4 Å². The van der Waals surface area contributed by atoms with Gasteiger partial charge < -0.3 is 0 Å². The van der Waals surface area contributed by atoms with Crippen LogP contribution in [0.2, 0.25) is 0 Å². The van der Waals surface area contributed by atoms with Gasteiger partial charge in [-0.1, -0.05) is 0 Å². The summed E-state index contributed by atoms with van der Waals surface area (Å²) in [5.41, 5.74) is -0.150. The van der Waals surface area contributed by atoms with Crippen LogP contribution < -0.4 is 5.32 Å². The molecule has 1 aliphatic heterocycles. The van der Waals surface area contributed by atoms with Crippen molar-refractivity contribution in [2.24, 2.45) is 12.5 Å². The van der Waals surface area contributed by atoms with Gasteiger partial charge in [0.05, 0.1) is 5.69 Å². The number of urea groups is 1. The molecule has 2 aliphatic rings. The van der Waals surface area contributed by atoms with E-state index < -0.39 is 17.4 Å². The fraction of sp³-hybridized carbons (Fsp3) is 0.500. The molecule has 3 rings (SSSR count). The van der Waals surface area contributed by atoms with E-state index in [-0.39, 0.29) is 12.5 Å². The Morgan fingerprint density at radius 3 is 2.68 bits per heavy atom. The number of aryl methyl sites for hydroxylation is 1. The fourth-order valence-electron chi connectivity index (χ4n) is 2.32. The molecule has 7 nitrogen and oxygen atoms in total. The zero-order chi connectivity index (χ0) is 13.6. The Morgan fingerprint density at radius 2 is 2.11 bits per heavy atom. The standard InChI is InChI=1S/C12H14N4O3/c1-15-6-2-8(14-15)3-7-16-10(18)12(4-5-12)9(17)13-11(16)19/h2,6H,3-5,7H2,1H3,(H,13,17,19). The van der Waals surface area contributed by atoms with Crippen LogP contribution in [-0.2, 0) is 23.1 Å². The van der Waals surface area contributed by atoms with Gasteiger partial charge in [-0.05, 0) is 18.9 Å². The fourth-order valence-corrected chi connectivity index (χ4v) is 2.32. The Kier molecular flexibility index (Phi) is 2.44. The number of aromatic nitrogens is 2. The van der Waals surface area contributed by atoms with Gasteiger partial charge in [-0.15, -0.1) is 0 Å². The number of barbiturate groups is 1. The SMILES string of the molecule is Cn1ccc(CCN2C(=O)NC(=O)C3(CC3)C2=O)n1. The molecular weight excluding hydrogens is 248 g/mol. The molecule has 0 bridgehead atoms. The number of carbonyl (C=O) groups excluding carboxylic acids is 3. The van der Waals surface area contributed by atoms with Gasteiger partial charge in [-0.25, -0.2) is 4.79 Å². The molecule has 0 unspecified atom stereocenters. The lowest BCUT2D eigenvalue weighted by molar-refractivity contribution is -0.144. The smallest absolute Gasteiger partial charge is 0.277 e. The minimum Gasteiger partial charge on any atom is -0.277 e. The van der Waals surface area contributed by atoms with Gasteiger partial charge in [-0.2, -0.15) is 5.10 Å². The molecule has 1 aliphatic carbocycles. The van der Waals surface area contributed by atoms with Gasteiger partial charge >= 0.3 is 6.03 Å². The molecule has 1 spiro atoms. The van der Waals surface area contributed by atoms with Crippen molar-refractivity contribution in [1.82, 2.24) is 20.0 Å². The predicted octanol–water partition coefficient (Wildman–Crippen LogP) is -0.179. The second-order valence-electron chi connectivity index (χ2n) is 5.03. The van der Waals surface area contributed by atoms with E-state index in [4.69, 9.17) is 0 Å². The van der Waals surface area contributed by atoms with Crippen LogP contribution in [-0.4, -0.2) is 39.1 Å². The molecule has 0 aromatic carbocycles. The molecule has 100 valence electrons. The summed E-state index contributed by atoms with van der Waals surface area (Å²) in [6, 6.07) is 1.22. The van der Waals surface area contributed by atoms with Crippen molar-refractivity contribution >= 4 is 17.8 Å². The number of hydrogen-bond donors (Lipinski definition) is 1. The summed E-state index contributed by atoms with van der Waals surface area (Å²) in [7, 11) is 1.81. The highest BCUT2D eigenvalue weighted by Gasteiger charge is 2.62. The van der Waals surface area contributed by atoms with Crippen LogP contribution in [0.25, 0.3) is 0 Å². The number of rotatable bonds is 3. The summed E-state index contributed by atoms with van der Waals surface area (Å²) >= 11 is 0. The number of carbonyl (C=O) groups is 3. The van der Waals surface area contributed by atoms with E-state index in [0.717, 1.165) is 10.6 Å². The number of nitrogens with zero attached hydrogens (tertiary/aromatic N) is 3. The van der Waals surface area contributed by atoms with E-state index >= 15 is 0 Å². The maximum atomic E-state index is 12.2. The van der Waals surface area contributed by atoms with Crippen molar-refractivity contribution in [3.05, 3.63) is 18.0 Å². The maximum Gasteiger partial charge on any atom is 0.330 e. The van der Waals surface area contributed by atoms with Crippen LogP contribution in [0, 0.1) is 5.41 Å². The zero-order valence-electron chi connectivity index (χ0n) is 10.5. The molecule has 1 saturated carbocycles. The first-order chi connectivity index (χ1) is 9.03. The highest BCUT2D eigenvalue weighted by atomic mass is 16.2. The van der Waals surface area contributed by atoms with E-state index in [2.05, 4.69) is 10.4 Å². The molecule has 0 radical (unpaired) electrons. The third-order valence-corrected chi connectivity index (χ3v) is 3.67. The first kappa shape index (κ1) is 11.9. The summed E-state index contributed by atoms with van der Waals surface area (Å²) in [5.74, 6) is -0.811. The van der Waals surface area contributed by atoms with Gasteiger partial charge in [0, 0.05) is 26.2 Å². The normalized spacial score (nSPS) is 20.9. The van der Waals surface area contributed by atoms with Crippen LogP contribution in [0.15, 0.2) is 12.3 Å². The van der Waals surface area contributed by atoms with E-state index in [1.807, 2.05) is 6.07 Å². The molecule has 1 aromatic heterocycles. The minimum atomic E-state index is -0.960. The molecule has 1 saturated heterocycles. The molecule has 19 heavy (non-hydrogen) atoms. The predicted molar refractivity (Wildman–Crippen MR) is 63.8 cm³/mol. The van der Waals surface area contributed by atoms with Crippen LogP contribution in [0.3, 0.4) is 0 Å². The first-order valence-corrected chi connectivity index (χ1v) is 6.19. The topological polar surface area (TPSA) is 84.3 Å². The van der Waals surface area contributed by atoms with E-state index in [0.29, 0.717) is 19.3 Å². The van der Waals surface area contributed by atoms with Gasteiger partial charge in [0.2, 0.25) is 11.8 Å². The lowest BCUT2D eigenvalue weighted by Gasteiger charge is -2.29. The van der Waals surface area contributed by atoms with Crippen molar-refractivity contribution in [3.8, 4) is 0 Å². The Balaban J connectivity index is 1.71. The van der Waals surface area contributed by atoms with Gasteiger partial charge in [-0.3, -0.25) is 24.5 Å². The van der Waals surface area contributed by atoms with Crippen molar-refractivity contribution in [2.45, 2.75) is 19.3 Å². The number of hydrogen-bond acceptors (Lipinski definition) is 4. The lowest BCUT2D eigenvalue weighted by atomic mass is 10.0. The van der Waals surface area contributed by atoms with Crippen LogP contribution in [0.5, 0.6) is 0 Å². The maximum absolute atomic E-state index is 12.2. The second-order valence-corrected chi connectivity index (χ2v) is 5.03. The van der Waals surface area contributed by atoms with E-state index in [1.54, 1.807) is 17.9 Å². The Labute approximate surface area is 109 Å². The van der Waals surface area contributed by atoms with Crippen LogP contribution >= 0.6 is 0 Å². The number of amides is 4. The average molecular weight is 262 g/mol. The highest BCUT2D eigenvalue weighted by molar-refractivity contribution is 6.20. The van der Waals surface area contributed by atoms with Crippen molar-refractivity contribution in [3.63, 3.8) is 0 Å². The third-order valence-electron chi connectivity index (χ3n) is 3.67. The van der Waals surface area contributed by atoms with Crippen LogP contribution in [0.1, 0.15) is 18.5 Å². The monoisotopic (exact) mass is 262 g/mol. The highest BCUT2D eigenvalue weighted by Crippen LogP contribution is 2.48.